The Hall–Kier alpha value is -1.35. The second kappa shape index (κ2) is 2.32. The standard InChI is InChI=1S/C8H4ClNO2/c9-8(12)5-4-10-3-1-2-6(10)7(5)11/h1-4H. The van der Waals surface area contributed by atoms with Gasteiger partial charge in [0.2, 0.25) is 5.78 Å². The van der Waals surface area contributed by atoms with Gasteiger partial charge in [-0.3, -0.25) is 9.59 Å². The van der Waals surface area contributed by atoms with E-state index in [1.54, 1.807) is 22.9 Å². The summed E-state index contributed by atoms with van der Waals surface area (Å²) in [6.45, 7) is 0. The van der Waals surface area contributed by atoms with Gasteiger partial charge in [-0.05, 0) is 23.7 Å². The second-order valence-electron chi connectivity index (χ2n) is 2.45. The van der Waals surface area contributed by atoms with Gasteiger partial charge in [-0.2, -0.15) is 0 Å². The molecule has 60 valence electrons. The number of carbonyl (C=O) groups excluding carboxylic acids is 2. The summed E-state index contributed by atoms with van der Waals surface area (Å²) >= 11 is 5.18. The van der Waals surface area contributed by atoms with Crippen LogP contribution in [0.15, 0.2) is 23.9 Å². The van der Waals surface area contributed by atoms with E-state index < -0.39 is 5.24 Å². The minimum Gasteiger partial charge on any atom is -0.320 e. The van der Waals surface area contributed by atoms with Crippen LogP contribution in [0.5, 0.6) is 0 Å². The molecule has 2 rings (SSSR count). The number of allylic oxidation sites excluding steroid dienone is 1. The Kier molecular flexibility index (Phi) is 1.41. The highest BCUT2D eigenvalue weighted by Crippen LogP contribution is 2.20. The summed E-state index contributed by atoms with van der Waals surface area (Å²) in [5, 5.41) is -0.705. The third-order valence-electron chi connectivity index (χ3n) is 1.74. The zero-order valence-electron chi connectivity index (χ0n) is 5.95. The van der Waals surface area contributed by atoms with Crippen LogP contribution in [0.4, 0.5) is 0 Å². The molecule has 1 aliphatic heterocycles. The molecule has 0 fully saturated rings. The predicted molar refractivity (Wildman–Crippen MR) is 43.9 cm³/mol. The molecule has 0 bridgehead atoms. The molecular formula is C8H4ClNO2. The number of Topliss-reactive ketones (excluding diaryl/α,β-unsaturated/α-hetero) is 1. The van der Waals surface area contributed by atoms with Crippen molar-refractivity contribution in [2.24, 2.45) is 0 Å². The van der Waals surface area contributed by atoms with Crippen LogP contribution in [-0.2, 0) is 4.79 Å². The van der Waals surface area contributed by atoms with Crippen LogP contribution in [0.1, 0.15) is 10.5 Å². The molecule has 0 saturated heterocycles. The first-order valence-corrected chi connectivity index (χ1v) is 3.71. The van der Waals surface area contributed by atoms with E-state index in [2.05, 4.69) is 0 Å². The van der Waals surface area contributed by atoms with Crippen LogP contribution in [0, 0.1) is 0 Å². The van der Waals surface area contributed by atoms with Gasteiger partial charge < -0.3 is 4.57 Å². The maximum atomic E-state index is 11.3. The summed E-state index contributed by atoms with van der Waals surface area (Å²) in [5.41, 5.74) is 0.520. The third kappa shape index (κ3) is 0.833. The lowest BCUT2D eigenvalue weighted by molar-refractivity contribution is -0.108. The molecule has 0 unspecified atom stereocenters. The molecule has 0 saturated carbocycles. The fraction of sp³-hybridized carbons (Fsp3) is 0. The first-order valence-electron chi connectivity index (χ1n) is 3.33. The van der Waals surface area contributed by atoms with E-state index in [1.807, 2.05) is 0 Å². The topological polar surface area (TPSA) is 39.1 Å². The number of hydrogen-bond acceptors (Lipinski definition) is 2. The molecule has 12 heavy (non-hydrogen) atoms. The van der Waals surface area contributed by atoms with Gasteiger partial charge >= 0.3 is 0 Å². The Morgan fingerprint density at radius 2 is 2.25 bits per heavy atom. The predicted octanol–water partition coefficient (Wildman–Crippen LogP) is 1.29. The summed E-state index contributed by atoms with van der Waals surface area (Å²) in [6, 6.07) is 3.38. The molecule has 0 aliphatic carbocycles. The molecule has 1 aliphatic rings. The normalized spacial score (nSPS) is 14.4. The van der Waals surface area contributed by atoms with Gasteiger partial charge in [0.25, 0.3) is 5.24 Å². The molecule has 1 aromatic heterocycles. The first kappa shape index (κ1) is 7.31. The minimum absolute atomic E-state index is 0.0345. The Bertz CT molecular complexity index is 403. The summed E-state index contributed by atoms with van der Waals surface area (Å²) in [7, 11) is 0. The number of aromatic nitrogens is 1. The van der Waals surface area contributed by atoms with E-state index in [9.17, 15) is 9.59 Å². The van der Waals surface area contributed by atoms with Crippen LogP contribution >= 0.6 is 11.6 Å². The van der Waals surface area contributed by atoms with Crippen molar-refractivity contribution in [1.29, 1.82) is 0 Å². The third-order valence-corrected chi connectivity index (χ3v) is 1.94. The Balaban J connectivity index is 2.55. The van der Waals surface area contributed by atoms with Crippen LogP contribution in [-0.4, -0.2) is 15.6 Å². The highest BCUT2D eigenvalue weighted by molar-refractivity contribution is 6.71. The zero-order chi connectivity index (χ0) is 8.72. The van der Waals surface area contributed by atoms with Gasteiger partial charge in [-0.15, -0.1) is 0 Å². The number of carbonyl (C=O) groups is 2. The Labute approximate surface area is 73.2 Å². The van der Waals surface area contributed by atoms with E-state index in [4.69, 9.17) is 11.6 Å². The molecule has 0 atom stereocenters. The number of nitrogens with zero attached hydrogens (tertiary/aromatic N) is 1. The van der Waals surface area contributed by atoms with Crippen molar-refractivity contribution in [2.75, 3.05) is 0 Å². The van der Waals surface area contributed by atoms with Gasteiger partial charge in [-0.1, -0.05) is 0 Å². The zero-order valence-corrected chi connectivity index (χ0v) is 6.71. The van der Waals surface area contributed by atoms with Crippen LogP contribution in [0.3, 0.4) is 0 Å². The average molecular weight is 182 g/mol. The summed E-state index contributed by atoms with van der Waals surface area (Å²) in [4.78, 5) is 22.0. The van der Waals surface area contributed by atoms with Crippen molar-refractivity contribution in [3.05, 3.63) is 29.6 Å². The summed E-state index contributed by atoms with van der Waals surface area (Å²) < 4.78 is 1.58. The lowest BCUT2D eigenvalue weighted by atomic mass is 10.2. The van der Waals surface area contributed by atoms with Crippen molar-refractivity contribution >= 4 is 28.8 Å². The van der Waals surface area contributed by atoms with Gasteiger partial charge in [0.05, 0.1) is 5.69 Å². The quantitative estimate of drug-likeness (QED) is 0.484. The van der Waals surface area contributed by atoms with E-state index in [0.717, 1.165) is 0 Å². The molecule has 2 heterocycles. The Morgan fingerprint density at radius 3 is 2.83 bits per heavy atom. The van der Waals surface area contributed by atoms with Crippen molar-refractivity contribution in [2.45, 2.75) is 0 Å². The molecule has 0 amide bonds. The van der Waals surface area contributed by atoms with Gasteiger partial charge in [0.15, 0.2) is 0 Å². The number of ketones is 1. The number of fused-ring (bicyclic) bond motifs is 1. The lowest BCUT2D eigenvalue weighted by Gasteiger charge is -1.88. The smallest absolute Gasteiger partial charge is 0.257 e. The van der Waals surface area contributed by atoms with Gasteiger partial charge in [-0.25, -0.2) is 0 Å². The van der Waals surface area contributed by atoms with E-state index in [0.29, 0.717) is 5.69 Å². The lowest BCUT2D eigenvalue weighted by Crippen LogP contribution is -2.03. The minimum atomic E-state index is -0.705. The SMILES string of the molecule is O=C(Cl)C1=Cn2cccc2C1=O. The number of halogens is 1. The average Bonchev–Trinajstić information content (AvgIpc) is 2.53. The van der Waals surface area contributed by atoms with Crippen LogP contribution in [0.2, 0.25) is 0 Å². The first-order chi connectivity index (χ1) is 5.70. The van der Waals surface area contributed by atoms with Gasteiger partial charge in [0, 0.05) is 12.4 Å². The number of rotatable bonds is 1. The van der Waals surface area contributed by atoms with E-state index in [1.165, 1.54) is 6.20 Å². The molecule has 0 radical (unpaired) electrons. The maximum Gasteiger partial charge on any atom is 0.257 e. The molecule has 4 heteroatoms. The van der Waals surface area contributed by atoms with Crippen LogP contribution < -0.4 is 0 Å². The number of hydrogen-bond donors (Lipinski definition) is 0. The maximum absolute atomic E-state index is 11.3. The van der Waals surface area contributed by atoms with E-state index >= 15 is 0 Å². The molecule has 0 spiro atoms. The highest BCUT2D eigenvalue weighted by atomic mass is 35.5. The molecular weight excluding hydrogens is 178 g/mol. The molecule has 0 aromatic carbocycles. The molecule has 0 N–H and O–H groups in total. The highest BCUT2D eigenvalue weighted by Gasteiger charge is 2.25. The monoisotopic (exact) mass is 181 g/mol. The van der Waals surface area contributed by atoms with E-state index in [-0.39, 0.29) is 11.4 Å². The van der Waals surface area contributed by atoms with Crippen molar-refractivity contribution in [3.8, 4) is 0 Å². The fourth-order valence-electron chi connectivity index (χ4n) is 1.17. The second-order valence-corrected chi connectivity index (χ2v) is 2.79. The van der Waals surface area contributed by atoms with Crippen molar-refractivity contribution in [1.82, 2.24) is 4.57 Å². The summed E-state index contributed by atoms with van der Waals surface area (Å²) in [5.74, 6) is -0.306. The largest absolute Gasteiger partial charge is 0.320 e. The van der Waals surface area contributed by atoms with Crippen molar-refractivity contribution < 1.29 is 9.59 Å². The van der Waals surface area contributed by atoms with Gasteiger partial charge in [0.1, 0.15) is 5.57 Å². The van der Waals surface area contributed by atoms with Crippen molar-refractivity contribution in [3.63, 3.8) is 0 Å². The molecule has 3 nitrogen and oxygen atoms in total. The summed E-state index contributed by atoms with van der Waals surface area (Å²) in [6.07, 6.45) is 3.13. The molecule has 1 aromatic rings. The van der Waals surface area contributed by atoms with Crippen LogP contribution in [0.25, 0.3) is 6.20 Å². The fourth-order valence-corrected chi connectivity index (χ4v) is 1.31. The Morgan fingerprint density at radius 1 is 1.50 bits per heavy atom.